The Morgan fingerprint density at radius 3 is 2.31 bits per heavy atom. The normalized spacial score (nSPS) is 9.94. The van der Waals surface area contributed by atoms with Crippen LogP contribution < -0.4 is 5.73 Å². The number of halogens is 2. The minimum atomic E-state index is -0.595. The van der Waals surface area contributed by atoms with E-state index in [4.69, 9.17) is 28.9 Å². The first-order valence-electron chi connectivity index (χ1n) is 4.27. The number of amides is 2. The van der Waals surface area contributed by atoms with E-state index < -0.39 is 11.8 Å². The molecule has 2 N–H and O–H groups in total. The number of hydrogen-bond acceptors (Lipinski definition) is 3. The van der Waals surface area contributed by atoms with Crippen LogP contribution in [-0.2, 0) is 4.79 Å². The molecule has 0 saturated heterocycles. The molecular weight excluding hydrogens is 253 g/mol. The molecule has 0 aliphatic heterocycles. The van der Waals surface area contributed by atoms with Crippen molar-refractivity contribution in [3.05, 3.63) is 28.0 Å². The molecule has 0 aliphatic carbocycles. The second-order valence-electron chi connectivity index (χ2n) is 3.13. The van der Waals surface area contributed by atoms with Crippen molar-refractivity contribution in [3.63, 3.8) is 0 Å². The van der Waals surface area contributed by atoms with E-state index in [1.165, 1.54) is 24.1 Å². The number of nitrogens with two attached hydrogens (primary N) is 1. The first kappa shape index (κ1) is 12.7. The van der Waals surface area contributed by atoms with Gasteiger partial charge in [-0.05, 0) is 12.1 Å². The van der Waals surface area contributed by atoms with E-state index >= 15 is 0 Å². The lowest BCUT2D eigenvalue weighted by atomic mass is 10.2. The van der Waals surface area contributed by atoms with Crippen molar-refractivity contribution in [2.75, 3.05) is 13.6 Å². The number of rotatable bonds is 3. The molecule has 0 bridgehead atoms. The molecule has 1 aromatic heterocycles. The van der Waals surface area contributed by atoms with Crippen molar-refractivity contribution >= 4 is 35.0 Å². The summed E-state index contributed by atoms with van der Waals surface area (Å²) in [6, 6.07) is 2.74. The van der Waals surface area contributed by atoms with E-state index in [0.717, 1.165) is 0 Å². The van der Waals surface area contributed by atoms with Crippen molar-refractivity contribution in [1.29, 1.82) is 0 Å². The molecule has 2 amide bonds. The number of carbonyl (C=O) groups excluding carboxylic acids is 2. The number of likely N-dealkylation sites (N-methyl/N-ethyl adjacent to an activating group) is 1. The molecular formula is C9H9Cl2N3O2. The number of pyridine rings is 1. The molecule has 7 heteroatoms. The van der Waals surface area contributed by atoms with Gasteiger partial charge in [-0.3, -0.25) is 9.59 Å². The van der Waals surface area contributed by atoms with E-state index in [0.29, 0.717) is 0 Å². The van der Waals surface area contributed by atoms with Crippen molar-refractivity contribution < 1.29 is 9.59 Å². The van der Waals surface area contributed by atoms with E-state index in [9.17, 15) is 9.59 Å². The van der Waals surface area contributed by atoms with Crippen LogP contribution in [0.5, 0.6) is 0 Å². The summed E-state index contributed by atoms with van der Waals surface area (Å²) in [5.74, 6) is -0.993. The lowest BCUT2D eigenvalue weighted by molar-refractivity contribution is -0.118. The predicted molar refractivity (Wildman–Crippen MR) is 60.4 cm³/mol. The van der Waals surface area contributed by atoms with Gasteiger partial charge in [-0.1, -0.05) is 23.2 Å². The van der Waals surface area contributed by atoms with Gasteiger partial charge in [-0.25, -0.2) is 4.98 Å². The van der Waals surface area contributed by atoms with Gasteiger partial charge in [0.05, 0.1) is 6.54 Å². The average Bonchev–Trinajstić information content (AvgIpc) is 2.13. The van der Waals surface area contributed by atoms with Crippen molar-refractivity contribution in [1.82, 2.24) is 9.88 Å². The first-order valence-corrected chi connectivity index (χ1v) is 5.02. The van der Waals surface area contributed by atoms with Crippen LogP contribution in [0.4, 0.5) is 0 Å². The van der Waals surface area contributed by atoms with Gasteiger partial charge in [-0.15, -0.1) is 0 Å². The summed E-state index contributed by atoms with van der Waals surface area (Å²) in [4.78, 5) is 27.3. The van der Waals surface area contributed by atoms with Gasteiger partial charge >= 0.3 is 0 Å². The summed E-state index contributed by atoms with van der Waals surface area (Å²) in [6.07, 6.45) is 0. The molecule has 0 spiro atoms. The zero-order valence-corrected chi connectivity index (χ0v) is 9.92. The van der Waals surface area contributed by atoms with Crippen LogP contribution in [0.1, 0.15) is 10.4 Å². The van der Waals surface area contributed by atoms with Crippen LogP contribution in [0.3, 0.4) is 0 Å². The first-order chi connectivity index (χ1) is 7.40. The minimum Gasteiger partial charge on any atom is -0.368 e. The van der Waals surface area contributed by atoms with E-state index in [-0.39, 0.29) is 22.4 Å². The number of hydrogen-bond donors (Lipinski definition) is 1. The summed E-state index contributed by atoms with van der Waals surface area (Å²) < 4.78 is 0. The minimum absolute atomic E-state index is 0.114. The second kappa shape index (κ2) is 5.14. The fourth-order valence-corrected chi connectivity index (χ4v) is 1.57. The molecule has 86 valence electrons. The van der Waals surface area contributed by atoms with Gasteiger partial charge in [0.2, 0.25) is 5.91 Å². The Balaban J connectivity index is 2.91. The topological polar surface area (TPSA) is 76.3 Å². The molecule has 16 heavy (non-hydrogen) atoms. The Bertz CT molecular complexity index is 417. The van der Waals surface area contributed by atoms with Crippen molar-refractivity contribution in [3.8, 4) is 0 Å². The fraction of sp³-hybridized carbons (Fsp3) is 0.222. The maximum atomic E-state index is 11.8. The average molecular weight is 262 g/mol. The third-order valence-electron chi connectivity index (χ3n) is 1.75. The number of aromatic nitrogens is 1. The lowest BCUT2D eigenvalue weighted by Crippen LogP contribution is -2.35. The molecule has 0 unspecified atom stereocenters. The Morgan fingerprint density at radius 2 is 1.88 bits per heavy atom. The highest BCUT2D eigenvalue weighted by molar-refractivity contribution is 6.33. The molecule has 0 atom stereocenters. The molecule has 0 fully saturated rings. The van der Waals surface area contributed by atoms with Gasteiger partial charge in [0.25, 0.3) is 5.91 Å². The molecule has 1 aromatic rings. The van der Waals surface area contributed by atoms with Gasteiger partial charge < -0.3 is 10.6 Å². The number of nitrogens with zero attached hydrogens (tertiary/aromatic N) is 2. The summed E-state index contributed by atoms with van der Waals surface area (Å²) in [5, 5.41) is 0.228. The second-order valence-corrected chi connectivity index (χ2v) is 3.90. The monoisotopic (exact) mass is 261 g/mol. The molecule has 1 heterocycles. The standard InChI is InChI=1S/C9H9Cl2N3O2/c1-14(4-8(12)15)9(16)5-2-6(10)13-7(11)3-5/h2-3H,4H2,1H3,(H2,12,15). The summed E-state index contributed by atoms with van der Waals surface area (Å²) >= 11 is 11.3. The van der Waals surface area contributed by atoms with Crippen molar-refractivity contribution in [2.24, 2.45) is 5.73 Å². The summed E-state index contributed by atoms with van der Waals surface area (Å²) in [7, 11) is 1.45. The Hall–Kier alpha value is -1.33. The SMILES string of the molecule is CN(CC(N)=O)C(=O)c1cc(Cl)nc(Cl)c1. The van der Waals surface area contributed by atoms with Crippen LogP contribution >= 0.6 is 23.2 Å². The van der Waals surface area contributed by atoms with Crippen LogP contribution in [0.25, 0.3) is 0 Å². The quantitative estimate of drug-likeness (QED) is 0.824. The number of primary amides is 1. The Morgan fingerprint density at radius 1 is 1.38 bits per heavy atom. The molecule has 0 aliphatic rings. The molecule has 1 rings (SSSR count). The van der Waals surface area contributed by atoms with Crippen LogP contribution in [0.15, 0.2) is 12.1 Å². The summed E-state index contributed by atoms with van der Waals surface area (Å²) in [5.41, 5.74) is 5.23. The number of carbonyl (C=O) groups is 2. The molecule has 0 aromatic carbocycles. The molecule has 0 radical (unpaired) electrons. The van der Waals surface area contributed by atoms with Gasteiger partial charge in [0.1, 0.15) is 10.3 Å². The third kappa shape index (κ3) is 3.36. The van der Waals surface area contributed by atoms with Crippen LogP contribution in [0.2, 0.25) is 10.3 Å². The van der Waals surface area contributed by atoms with Crippen LogP contribution in [0, 0.1) is 0 Å². The highest BCUT2D eigenvalue weighted by Crippen LogP contribution is 2.15. The largest absolute Gasteiger partial charge is 0.368 e. The van der Waals surface area contributed by atoms with Crippen molar-refractivity contribution in [2.45, 2.75) is 0 Å². The zero-order chi connectivity index (χ0) is 12.3. The van der Waals surface area contributed by atoms with E-state index in [1.54, 1.807) is 0 Å². The fourth-order valence-electron chi connectivity index (χ4n) is 1.11. The highest BCUT2D eigenvalue weighted by Gasteiger charge is 2.14. The highest BCUT2D eigenvalue weighted by atomic mass is 35.5. The predicted octanol–water partition coefficient (Wildman–Crippen LogP) is 0.946. The van der Waals surface area contributed by atoms with Gasteiger partial charge in [0.15, 0.2) is 0 Å². The lowest BCUT2D eigenvalue weighted by Gasteiger charge is -2.15. The van der Waals surface area contributed by atoms with E-state index in [2.05, 4.69) is 4.98 Å². The van der Waals surface area contributed by atoms with Gasteiger partial charge in [0, 0.05) is 12.6 Å². The Kier molecular flexibility index (Phi) is 4.09. The van der Waals surface area contributed by atoms with E-state index in [1.807, 2.05) is 0 Å². The smallest absolute Gasteiger partial charge is 0.254 e. The third-order valence-corrected chi connectivity index (χ3v) is 2.14. The summed E-state index contributed by atoms with van der Waals surface area (Å²) in [6.45, 7) is -0.170. The zero-order valence-electron chi connectivity index (χ0n) is 8.41. The Labute approximate surface area is 102 Å². The van der Waals surface area contributed by atoms with Gasteiger partial charge in [-0.2, -0.15) is 0 Å². The maximum absolute atomic E-state index is 11.8. The molecule has 5 nitrogen and oxygen atoms in total. The maximum Gasteiger partial charge on any atom is 0.254 e. The van der Waals surface area contributed by atoms with Crippen LogP contribution in [-0.4, -0.2) is 35.3 Å². The molecule has 0 saturated carbocycles.